The van der Waals surface area contributed by atoms with Crippen molar-refractivity contribution in [1.82, 2.24) is 10.2 Å². The average molecular weight is 333 g/mol. The number of ether oxygens (including phenoxy) is 1. The van der Waals surface area contributed by atoms with Gasteiger partial charge in [-0.15, -0.1) is 11.3 Å². The molecule has 1 aliphatic heterocycles. The highest BCUT2D eigenvalue weighted by molar-refractivity contribution is 9.10. The van der Waals surface area contributed by atoms with E-state index in [9.17, 15) is 0 Å². The number of nitrogens with zero attached hydrogens (tertiary/aromatic N) is 1. The Labute approximate surface area is 122 Å². The monoisotopic (exact) mass is 332 g/mol. The summed E-state index contributed by atoms with van der Waals surface area (Å²) in [7, 11) is 2.19. The van der Waals surface area contributed by atoms with Crippen LogP contribution in [0.1, 0.15) is 24.3 Å². The van der Waals surface area contributed by atoms with E-state index in [1.165, 1.54) is 9.35 Å². The van der Waals surface area contributed by atoms with E-state index in [4.69, 9.17) is 4.74 Å². The van der Waals surface area contributed by atoms with E-state index in [-0.39, 0.29) is 6.10 Å². The summed E-state index contributed by atoms with van der Waals surface area (Å²) in [6.45, 7) is 6.00. The Morgan fingerprint density at radius 1 is 1.61 bits per heavy atom. The highest BCUT2D eigenvalue weighted by Crippen LogP contribution is 2.36. The fourth-order valence-electron chi connectivity index (χ4n) is 2.34. The zero-order valence-electron chi connectivity index (χ0n) is 11.0. The molecule has 0 bridgehead atoms. The van der Waals surface area contributed by atoms with Crippen LogP contribution in [0.3, 0.4) is 0 Å². The summed E-state index contributed by atoms with van der Waals surface area (Å²) in [6.07, 6.45) is 1.40. The molecule has 1 aliphatic rings. The number of hydrogen-bond acceptors (Lipinski definition) is 4. The second-order valence-electron chi connectivity index (χ2n) is 4.67. The summed E-state index contributed by atoms with van der Waals surface area (Å²) >= 11 is 5.45. The Morgan fingerprint density at radius 3 is 3.11 bits per heavy atom. The summed E-state index contributed by atoms with van der Waals surface area (Å²) in [4.78, 5) is 3.78. The molecule has 0 spiro atoms. The van der Waals surface area contributed by atoms with E-state index < -0.39 is 0 Å². The van der Waals surface area contributed by atoms with Gasteiger partial charge in [0.05, 0.1) is 18.8 Å². The molecule has 1 fully saturated rings. The van der Waals surface area contributed by atoms with Gasteiger partial charge >= 0.3 is 0 Å². The van der Waals surface area contributed by atoms with Gasteiger partial charge in [-0.2, -0.15) is 0 Å². The van der Waals surface area contributed by atoms with Crippen molar-refractivity contribution in [3.05, 3.63) is 20.8 Å². The number of halogens is 1. The fourth-order valence-corrected chi connectivity index (χ4v) is 4.16. The summed E-state index contributed by atoms with van der Waals surface area (Å²) in [5.74, 6) is 0. The van der Waals surface area contributed by atoms with Crippen LogP contribution in [0.5, 0.6) is 0 Å². The molecule has 2 rings (SSSR count). The van der Waals surface area contributed by atoms with E-state index in [1.54, 1.807) is 11.3 Å². The van der Waals surface area contributed by atoms with Crippen molar-refractivity contribution in [2.45, 2.75) is 25.5 Å². The zero-order chi connectivity index (χ0) is 13.0. The number of hydrogen-bond donors (Lipinski definition) is 1. The molecule has 0 aromatic carbocycles. The Kier molecular flexibility index (Phi) is 5.63. The molecule has 3 nitrogen and oxygen atoms in total. The molecule has 1 N–H and O–H groups in total. The van der Waals surface area contributed by atoms with E-state index in [1.807, 2.05) is 0 Å². The lowest BCUT2D eigenvalue weighted by Crippen LogP contribution is -2.47. The van der Waals surface area contributed by atoms with Crippen LogP contribution in [0, 0.1) is 0 Å². The Balaban J connectivity index is 2.08. The van der Waals surface area contributed by atoms with Crippen molar-refractivity contribution >= 4 is 27.3 Å². The van der Waals surface area contributed by atoms with Crippen LogP contribution in [0.4, 0.5) is 0 Å². The van der Waals surface area contributed by atoms with Gasteiger partial charge in [-0.1, -0.05) is 6.92 Å². The summed E-state index contributed by atoms with van der Waals surface area (Å²) in [6, 6.07) is 2.48. The van der Waals surface area contributed by atoms with Gasteiger partial charge in [0.2, 0.25) is 0 Å². The molecule has 2 unspecified atom stereocenters. The van der Waals surface area contributed by atoms with Crippen LogP contribution in [-0.2, 0) is 4.74 Å². The molecule has 2 heterocycles. The maximum absolute atomic E-state index is 5.97. The SMILES string of the molecule is CCCNCC1OCCN(C)C1c1sccc1Br. The Hall–Kier alpha value is 0.0600. The Morgan fingerprint density at radius 2 is 2.44 bits per heavy atom. The zero-order valence-corrected chi connectivity index (χ0v) is 13.4. The van der Waals surface area contributed by atoms with E-state index in [2.05, 4.69) is 51.6 Å². The highest BCUT2D eigenvalue weighted by Gasteiger charge is 2.33. The van der Waals surface area contributed by atoms with Crippen molar-refractivity contribution in [2.75, 3.05) is 33.3 Å². The number of rotatable bonds is 5. The molecule has 0 aliphatic carbocycles. The third-order valence-corrected chi connectivity index (χ3v) is 5.23. The second kappa shape index (κ2) is 7.01. The van der Waals surface area contributed by atoms with E-state index in [0.29, 0.717) is 6.04 Å². The third-order valence-electron chi connectivity index (χ3n) is 3.29. The van der Waals surface area contributed by atoms with Crippen molar-refractivity contribution in [3.8, 4) is 0 Å². The van der Waals surface area contributed by atoms with Crippen LogP contribution in [-0.4, -0.2) is 44.3 Å². The van der Waals surface area contributed by atoms with Gasteiger partial charge < -0.3 is 10.1 Å². The van der Waals surface area contributed by atoms with Crippen LogP contribution in [0.25, 0.3) is 0 Å². The molecule has 0 amide bonds. The average Bonchev–Trinajstić information content (AvgIpc) is 2.76. The lowest BCUT2D eigenvalue weighted by Gasteiger charge is -2.39. The lowest BCUT2D eigenvalue weighted by molar-refractivity contribution is -0.0603. The van der Waals surface area contributed by atoms with Crippen molar-refractivity contribution in [2.24, 2.45) is 0 Å². The van der Waals surface area contributed by atoms with Gasteiger partial charge in [0.1, 0.15) is 0 Å². The standard InChI is InChI=1S/C13H21BrN2OS/c1-3-5-15-9-11-12(16(2)6-7-17-11)13-10(14)4-8-18-13/h4,8,11-12,15H,3,5-7,9H2,1-2H3. The molecule has 5 heteroatoms. The Bertz CT molecular complexity index is 372. The molecule has 1 saturated heterocycles. The van der Waals surface area contributed by atoms with Gasteiger partial charge in [-0.05, 0) is 47.4 Å². The molecule has 0 radical (unpaired) electrons. The maximum Gasteiger partial charge on any atom is 0.0904 e. The number of nitrogens with one attached hydrogen (secondary N) is 1. The van der Waals surface area contributed by atoms with Gasteiger partial charge in [-0.3, -0.25) is 4.90 Å². The van der Waals surface area contributed by atoms with Crippen LogP contribution < -0.4 is 5.32 Å². The minimum absolute atomic E-state index is 0.241. The predicted octanol–water partition coefficient (Wildman–Crippen LogP) is 2.88. The number of morpholine rings is 1. The summed E-state index contributed by atoms with van der Waals surface area (Å²) in [5, 5.41) is 5.61. The number of likely N-dealkylation sites (N-methyl/N-ethyl adjacent to an activating group) is 1. The highest BCUT2D eigenvalue weighted by atomic mass is 79.9. The topological polar surface area (TPSA) is 24.5 Å². The smallest absolute Gasteiger partial charge is 0.0904 e. The minimum Gasteiger partial charge on any atom is -0.374 e. The molecule has 1 aromatic heterocycles. The van der Waals surface area contributed by atoms with Crippen LogP contribution in [0.2, 0.25) is 0 Å². The lowest BCUT2D eigenvalue weighted by atomic mass is 10.1. The maximum atomic E-state index is 5.97. The molecule has 102 valence electrons. The first kappa shape index (κ1) is 14.5. The minimum atomic E-state index is 0.241. The van der Waals surface area contributed by atoms with E-state index in [0.717, 1.165) is 32.7 Å². The molecule has 2 atom stereocenters. The predicted molar refractivity (Wildman–Crippen MR) is 80.3 cm³/mol. The first-order valence-electron chi connectivity index (χ1n) is 6.49. The molecule has 0 saturated carbocycles. The van der Waals surface area contributed by atoms with Crippen molar-refractivity contribution < 1.29 is 4.74 Å². The van der Waals surface area contributed by atoms with Crippen molar-refractivity contribution in [3.63, 3.8) is 0 Å². The summed E-state index contributed by atoms with van der Waals surface area (Å²) in [5.41, 5.74) is 0. The van der Waals surface area contributed by atoms with Crippen molar-refractivity contribution in [1.29, 1.82) is 0 Å². The van der Waals surface area contributed by atoms with Crippen LogP contribution in [0.15, 0.2) is 15.9 Å². The number of thiophene rings is 1. The molecule has 1 aromatic rings. The first-order valence-corrected chi connectivity index (χ1v) is 8.16. The third kappa shape index (κ3) is 3.33. The van der Waals surface area contributed by atoms with E-state index >= 15 is 0 Å². The largest absolute Gasteiger partial charge is 0.374 e. The fraction of sp³-hybridized carbons (Fsp3) is 0.692. The van der Waals surface area contributed by atoms with Gasteiger partial charge in [-0.25, -0.2) is 0 Å². The molecular weight excluding hydrogens is 312 g/mol. The van der Waals surface area contributed by atoms with Gasteiger partial charge in [0.25, 0.3) is 0 Å². The quantitative estimate of drug-likeness (QED) is 0.839. The normalized spacial score (nSPS) is 25.5. The van der Waals surface area contributed by atoms with Gasteiger partial charge in [0, 0.05) is 22.4 Å². The van der Waals surface area contributed by atoms with Gasteiger partial charge in [0.15, 0.2) is 0 Å². The van der Waals surface area contributed by atoms with Crippen LogP contribution >= 0.6 is 27.3 Å². The summed E-state index contributed by atoms with van der Waals surface area (Å²) < 4.78 is 7.17. The first-order chi connectivity index (χ1) is 8.74. The molecule has 18 heavy (non-hydrogen) atoms. The second-order valence-corrected chi connectivity index (χ2v) is 6.47. The molecular formula is C13H21BrN2OS.